The number of carbonyl (C=O) groups excluding carboxylic acids is 1. The van der Waals surface area contributed by atoms with E-state index in [0.29, 0.717) is 23.4 Å². The molecule has 24 heavy (non-hydrogen) atoms. The minimum absolute atomic E-state index is 0.0626. The van der Waals surface area contributed by atoms with E-state index < -0.39 is 0 Å². The first-order valence-corrected chi connectivity index (χ1v) is 9.12. The number of anilines is 2. The molecule has 2 bridgehead atoms. The summed E-state index contributed by atoms with van der Waals surface area (Å²) >= 11 is 0. The van der Waals surface area contributed by atoms with Crippen LogP contribution in [-0.4, -0.2) is 29.9 Å². The molecule has 2 fully saturated rings. The fourth-order valence-corrected chi connectivity index (χ4v) is 5.14. The molecule has 1 aromatic carbocycles. The second-order valence-corrected chi connectivity index (χ2v) is 8.93. The SMILES string of the molecule is CCc1ccc(NC(=O)CN2CC3(C)CC2CC(C)(C)C3)cc1N. The van der Waals surface area contributed by atoms with E-state index in [0.717, 1.165) is 29.9 Å². The molecule has 1 aliphatic carbocycles. The fourth-order valence-electron chi connectivity index (χ4n) is 5.14. The smallest absolute Gasteiger partial charge is 0.238 e. The Bertz CT molecular complexity index is 640. The van der Waals surface area contributed by atoms with Crippen LogP contribution in [0.2, 0.25) is 0 Å². The molecule has 1 heterocycles. The van der Waals surface area contributed by atoms with E-state index in [1.807, 2.05) is 18.2 Å². The molecular formula is C20H31N3O. The lowest BCUT2D eigenvalue weighted by Gasteiger charge is -2.39. The van der Waals surface area contributed by atoms with Crippen LogP contribution in [0.5, 0.6) is 0 Å². The van der Waals surface area contributed by atoms with E-state index in [1.165, 1.54) is 19.3 Å². The van der Waals surface area contributed by atoms with Crippen LogP contribution in [0, 0.1) is 10.8 Å². The van der Waals surface area contributed by atoms with E-state index in [4.69, 9.17) is 5.73 Å². The van der Waals surface area contributed by atoms with E-state index >= 15 is 0 Å². The molecule has 3 N–H and O–H groups in total. The first-order valence-electron chi connectivity index (χ1n) is 9.12. The lowest BCUT2D eigenvalue weighted by Crippen LogP contribution is -2.38. The highest BCUT2D eigenvalue weighted by molar-refractivity contribution is 5.92. The fraction of sp³-hybridized carbons (Fsp3) is 0.650. The number of amides is 1. The van der Waals surface area contributed by atoms with E-state index in [-0.39, 0.29) is 5.91 Å². The molecule has 4 nitrogen and oxygen atoms in total. The van der Waals surface area contributed by atoms with Crippen LogP contribution in [0.4, 0.5) is 11.4 Å². The van der Waals surface area contributed by atoms with Crippen molar-refractivity contribution in [2.24, 2.45) is 10.8 Å². The predicted octanol–water partition coefficient (Wildman–Crippen LogP) is 3.67. The Morgan fingerprint density at radius 2 is 2.08 bits per heavy atom. The van der Waals surface area contributed by atoms with Gasteiger partial charge in [0.2, 0.25) is 5.91 Å². The topological polar surface area (TPSA) is 58.4 Å². The molecule has 2 aliphatic rings. The molecular weight excluding hydrogens is 298 g/mol. The highest BCUT2D eigenvalue weighted by Gasteiger charge is 2.49. The van der Waals surface area contributed by atoms with Gasteiger partial charge in [0.25, 0.3) is 0 Å². The van der Waals surface area contributed by atoms with Gasteiger partial charge >= 0.3 is 0 Å². The zero-order chi connectivity index (χ0) is 17.5. The number of fused-ring (bicyclic) bond motifs is 2. The Labute approximate surface area is 145 Å². The van der Waals surface area contributed by atoms with Crippen LogP contribution < -0.4 is 11.1 Å². The number of nitrogens with zero attached hydrogens (tertiary/aromatic N) is 1. The molecule has 2 unspecified atom stereocenters. The highest BCUT2D eigenvalue weighted by atomic mass is 16.2. The van der Waals surface area contributed by atoms with E-state index in [9.17, 15) is 4.79 Å². The summed E-state index contributed by atoms with van der Waals surface area (Å²) in [6, 6.07) is 6.35. The van der Waals surface area contributed by atoms with Crippen molar-refractivity contribution in [3.8, 4) is 0 Å². The molecule has 1 amide bonds. The van der Waals surface area contributed by atoms with Crippen molar-refractivity contribution in [2.75, 3.05) is 24.1 Å². The number of nitrogens with one attached hydrogen (secondary N) is 1. The van der Waals surface area contributed by atoms with Gasteiger partial charge in [0.05, 0.1) is 6.54 Å². The van der Waals surface area contributed by atoms with Gasteiger partial charge in [-0.05, 0) is 54.2 Å². The van der Waals surface area contributed by atoms with Gasteiger partial charge < -0.3 is 11.1 Å². The number of likely N-dealkylation sites (tertiary alicyclic amines) is 1. The molecule has 4 heteroatoms. The van der Waals surface area contributed by atoms with E-state index in [1.54, 1.807) is 0 Å². The number of carbonyl (C=O) groups is 1. The van der Waals surface area contributed by atoms with Gasteiger partial charge in [-0.15, -0.1) is 0 Å². The zero-order valence-corrected chi connectivity index (χ0v) is 15.5. The number of rotatable bonds is 4. The molecule has 1 aliphatic heterocycles. The average Bonchev–Trinajstić information content (AvgIpc) is 2.67. The van der Waals surface area contributed by atoms with Crippen LogP contribution in [0.15, 0.2) is 18.2 Å². The third-order valence-electron chi connectivity index (χ3n) is 5.68. The standard InChI is InChI=1S/C20H31N3O/c1-5-14-6-7-15(8-17(14)21)22-18(24)11-23-13-20(4)10-16(23)9-19(2,3)12-20/h6-8,16H,5,9-13,21H2,1-4H3,(H,22,24). The van der Waals surface area contributed by atoms with Crippen molar-refractivity contribution < 1.29 is 4.79 Å². The molecule has 1 saturated carbocycles. The predicted molar refractivity (Wildman–Crippen MR) is 100.0 cm³/mol. The Morgan fingerprint density at radius 1 is 1.33 bits per heavy atom. The molecule has 1 saturated heterocycles. The van der Waals surface area contributed by atoms with Gasteiger partial charge in [0.15, 0.2) is 0 Å². The number of benzene rings is 1. The van der Waals surface area contributed by atoms with Crippen LogP contribution >= 0.6 is 0 Å². The summed E-state index contributed by atoms with van der Waals surface area (Å²) in [4.78, 5) is 14.9. The molecule has 0 radical (unpaired) electrons. The summed E-state index contributed by atoms with van der Waals surface area (Å²) in [5, 5.41) is 3.01. The summed E-state index contributed by atoms with van der Waals surface area (Å²) in [7, 11) is 0. The normalized spacial score (nSPS) is 28.8. The summed E-state index contributed by atoms with van der Waals surface area (Å²) < 4.78 is 0. The van der Waals surface area contributed by atoms with Gasteiger partial charge in [0, 0.05) is 24.0 Å². The third kappa shape index (κ3) is 3.59. The molecule has 132 valence electrons. The maximum Gasteiger partial charge on any atom is 0.238 e. The van der Waals surface area contributed by atoms with Crippen molar-refractivity contribution in [1.29, 1.82) is 0 Å². The van der Waals surface area contributed by atoms with Gasteiger partial charge in [0.1, 0.15) is 0 Å². The van der Waals surface area contributed by atoms with Gasteiger partial charge in [-0.3, -0.25) is 9.69 Å². The van der Waals surface area contributed by atoms with Gasteiger partial charge in [-0.25, -0.2) is 0 Å². The quantitative estimate of drug-likeness (QED) is 0.829. The number of nitrogens with two attached hydrogens (primary N) is 1. The third-order valence-corrected chi connectivity index (χ3v) is 5.68. The molecule has 3 rings (SSSR count). The number of aryl methyl sites for hydroxylation is 1. The maximum absolute atomic E-state index is 12.5. The van der Waals surface area contributed by atoms with Crippen molar-refractivity contribution >= 4 is 17.3 Å². The number of hydrogen-bond donors (Lipinski definition) is 2. The number of nitrogen functional groups attached to an aromatic ring is 1. The Kier molecular flexibility index (Phi) is 4.37. The molecule has 0 spiro atoms. The zero-order valence-electron chi connectivity index (χ0n) is 15.5. The van der Waals surface area contributed by atoms with Crippen molar-refractivity contribution in [3.05, 3.63) is 23.8 Å². The summed E-state index contributed by atoms with van der Waals surface area (Å²) in [6.45, 7) is 10.7. The van der Waals surface area contributed by atoms with E-state index in [2.05, 4.69) is 37.9 Å². The second kappa shape index (κ2) is 6.07. The summed E-state index contributed by atoms with van der Waals surface area (Å²) in [5.74, 6) is 0.0626. The number of hydrogen-bond acceptors (Lipinski definition) is 3. The van der Waals surface area contributed by atoms with Crippen molar-refractivity contribution in [1.82, 2.24) is 4.90 Å². The Balaban J connectivity index is 1.63. The lowest BCUT2D eigenvalue weighted by molar-refractivity contribution is -0.117. The highest BCUT2D eigenvalue weighted by Crippen LogP contribution is 2.52. The van der Waals surface area contributed by atoms with Crippen LogP contribution in [-0.2, 0) is 11.2 Å². The minimum Gasteiger partial charge on any atom is -0.398 e. The van der Waals surface area contributed by atoms with Crippen LogP contribution in [0.1, 0.15) is 52.5 Å². The Morgan fingerprint density at radius 3 is 2.75 bits per heavy atom. The Hall–Kier alpha value is -1.55. The minimum atomic E-state index is 0.0626. The molecule has 2 atom stereocenters. The van der Waals surface area contributed by atoms with Crippen LogP contribution in [0.25, 0.3) is 0 Å². The lowest BCUT2D eigenvalue weighted by atomic mass is 9.65. The first-order chi connectivity index (χ1) is 11.2. The summed E-state index contributed by atoms with van der Waals surface area (Å²) in [5.41, 5.74) is 9.44. The molecule has 0 aromatic heterocycles. The summed E-state index contributed by atoms with van der Waals surface area (Å²) in [6.07, 6.45) is 4.57. The maximum atomic E-state index is 12.5. The van der Waals surface area contributed by atoms with Crippen LogP contribution in [0.3, 0.4) is 0 Å². The van der Waals surface area contributed by atoms with Crippen molar-refractivity contribution in [3.63, 3.8) is 0 Å². The second-order valence-electron chi connectivity index (χ2n) is 8.93. The first kappa shape index (κ1) is 17.3. The average molecular weight is 329 g/mol. The largest absolute Gasteiger partial charge is 0.398 e. The van der Waals surface area contributed by atoms with Crippen molar-refractivity contribution in [2.45, 2.75) is 59.4 Å². The van der Waals surface area contributed by atoms with Gasteiger partial charge in [-0.2, -0.15) is 0 Å². The molecule has 1 aromatic rings. The van der Waals surface area contributed by atoms with Gasteiger partial charge in [-0.1, -0.05) is 33.8 Å². The monoisotopic (exact) mass is 329 g/mol.